The van der Waals surface area contributed by atoms with Crippen molar-refractivity contribution < 1.29 is 19.1 Å². The van der Waals surface area contributed by atoms with Crippen molar-refractivity contribution in [3.63, 3.8) is 0 Å². The molecule has 0 amide bonds. The molecule has 5 heteroatoms. The molecule has 1 saturated heterocycles. The van der Waals surface area contributed by atoms with E-state index in [9.17, 15) is 4.79 Å². The number of hydrogen-bond acceptors (Lipinski definition) is 4. The molecule has 0 aromatic carbocycles. The normalized spacial score (nSPS) is 21.5. The van der Waals surface area contributed by atoms with Crippen molar-refractivity contribution in [2.75, 3.05) is 13.2 Å². The zero-order valence-corrected chi connectivity index (χ0v) is 8.96. The predicted octanol–water partition coefficient (Wildman–Crippen LogP) is 2.25. The second-order valence-electron chi connectivity index (χ2n) is 3.38. The van der Waals surface area contributed by atoms with Crippen LogP contribution >= 0.6 is 11.8 Å². The van der Waals surface area contributed by atoms with E-state index in [2.05, 4.69) is 0 Å². The van der Waals surface area contributed by atoms with E-state index in [4.69, 9.17) is 14.3 Å². The van der Waals surface area contributed by atoms with E-state index in [1.54, 1.807) is 17.8 Å². The smallest absolute Gasteiger partial charge is 0.371 e. The van der Waals surface area contributed by atoms with Crippen LogP contribution in [0.4, 0.5) is 0 Å². The molecular formula is C10H12O4S. The van der Waals surface area contributed by atoms with Crippen molar-refractivity contribution in [2.24, 2.45) is 0 Å². The number of furan rings is 1. The van der Waals surface area contributed by atoms with Crippen LogP contribution in [0.15, 0.2) is 21.6 Å². The Morgan fingerprint density at radius 1 is 1.53 bits per heavy atom. The lowest BCUT2D eigenvalue weighted by Gasteiger charge is -2.20. The van der Waals surface area contributed by atoms with Gasteiger partial charge in [-0.1, -0.05) is 11.8 Å². The quantitative estimate of drug-likeness (QED) is 0.859. The molecule has 0 bridgehead atoms. The Hall–Kier alpha value is -0.940. The van der Waals surface area contributed by atoms with E-state index >= 15 is 0 Å². The van der Waals surface area contributed by atoms with Gasteiger partial charge in [-0.2, -0.15) is 0 Å². The van der Waals surface area contributed by atoms with E-state index in [-0.39, 0.29) is 5.76 Å². The fraction of sp³-hybridized carbons (Fsp3) is 0.500. The van der Waals surface area contributed by atoms with E-state index < -0.39 is 5.97 Å². The highest BCUT2D eigenvalue weighted by atomic mass is 32.2. The maximum atomic E-state index is 10.6. The molecule has 1 N–H and O–H groups in total. The molecule has 1 atom stereocenters. The van der Waals surface area contributed by atoms with Gasteiger partial charge in [0.2, 0.25) is 5.76 Å². The summed E-state index contributed by atoms with van der Waals surface area (Å²) >= 11 is 1.55. The number of thioether (sulfide) groups is 1. The molecule has 1 fully saturated rings. The second kappa shape index (κ2) is 4.72. The SMILES string of the molecule is O=C(O)c1ccc(SC2CCCOC2)o1. The summed E-state index contributed by atoms with van der Waals surface area (Å²) in [5.41, 5.74) is 0. The van der Waals surface area contributed by atoms with E-state index in [0.29, 0.717) is 16.9 Å². The lowest BCUT2D eigenvalue weighted by molar-refractivity contribution is 0.0656. The van der Waals surface area contributed by atoms with Gasteiger partial charge in [0.15, 0.2) is 5.09 Å². The highest BCUT2D eigenvalue weighted by Gasteiger charge is 2.18. The fourth-order valence-corrected chi connectivity index (χ4v) is 2.53. The van der Waals surface area contributed by atoms with Crippen LogP contribution in [0.5, 0.6) is 0 Å². The molecule has 1 aromatic rings. The van der Waals surface area contributed by atoms with Crippen molar-refractivity contribution in [2.45, 2.75) is 23.2 Å². The van der Waals surface area contributed by atoms with Crippen LogP contribution in [0.25, 0.3) is 0 Å². The molecule has 0 aliphatic carbocycles. The number of rotatable bonds is 3. The fourth-order valence-electron chi connectivity index (χ4n) is 1.47. The Morgan fingerprint density at radius 2 is 2.40 bits per heavy atom. The van der Waals surface area contributed by atoms with E-state index in [0.717, 1.165) is 19.4 Å². The monoisotopic (exact) mass is 228 g/mol. The third kappa shape index (κ3) is 2.76. The summed E-state index contributed by atoms with van der Waals surface area (Å²) < 4.78 is 10.5. The second-order valence-corrected chi connectivity index (χ2v) is 4.69. The van der Waals surface area contributed by atoms with Gasteiger partial charge in [0, 0.05) is 11.9 Å². The minimum absolute atomic E-state index is 0.00534. The minimum atomic E-state index is -1.03. The van der Waals surface area contributed by atoms with Gasteiger partial charge in [0.25, 0.3) is 0 Å². The van der Waals surface area contributed by atoms with Crippen LogP contribution < -0.4 is 0 Å². The van der Waals surface area contributed by atoms with Gasteiger partial charge in [-0.15, -0.1) is 0 Å². The van der Waals surface area contributed by atoms with Gasteiger partial charge in [0.05, 0.1) is 6.61 Å². The van der Waals surface area contributed by atoms with Crippen LogP contribution in [0.2, 0.25) is 0 Å². The third-order valence-electron chi connectivity index (χ3n) is 2.19. The molecule has 2 heterocycles. The lowest BCUT2D eigenvalue weighted by atomic mass is 10.2. The maximum absolute atomic E-state index is 10.6. The maximum Gasteiger partial charge on any atom is 0.371 e. The van der Waals surface area contributed by atoms with Crippen molar-refractivity contribution >= 4 is 17.7 Å². The largest absolute Gasteiger partial charge is 0.475 e. The summed E-state index contributed by atoms with van der Waals surface area (Å²) in [5, 5.41) is 9.71. The highest BCUT2D eigenvalue weighted by Crippen LogP contribution is 2.29. The van der Waals surface area contributed by atoms with Crippen molar-refractivity contribution in [3.05, 3.63) is 17.9 Å². The number of ether oxygens (including phenoxy) is 1. The first-order valence-electron chi connectivity index (χ1n) is 4.83. The Morgan fingerprint density at radius 3 is 3.00 bits per heavy atom. The molecule has 0 spiro atoms. The van der Waals surface area contributed by atoms with Gasteiger partial charge in [-0.05, 0) is 25.0 Å². The average molecular weight is 228 g/mol. The lowest BCUT2D eigenvalue weighted by Crippen LogP contribution is -2.18. The van der Waals surface area contributed by atoms with Crippen LogP contribution in [0.1, 0.15) is 23.4 Å². The topological polar surface area (TPSA) is 59.7 Å². The molecule has 0 radical (unpaired) electrons. The van der Waals surface area contributed by atoms with Crippen molar-refractivity contribution in [1.82, 2.24) is 0 Å². The highest BCUT2D eigenvalue weighted by molar-refractivity contribution is 7.99. The standard InChI is InChI=1S/C10H12O4S/c11-10(12)8-3-4-9(14-8)15-7-2-1-5-13-6-7/h3-4,7H,1-2,5-6H2,(H,11,12). The predicted molar refractivity (Wildman–Crippen MR) is 55.4 cm³/mol. The number of carboxylic acid groups (broad SMARTS) is 1. The number of carbonyl (C=O) groups is 1. The molecule has 4 nitrogen and oxygen atoms in total. The number of aromatic carboxylic acids is 1. The zero-order chi connectivity index (χ0) is 10.7. The van der Waals surface area contributed by atoms with Gasteiger partial charge < -0.3 is 14.3 Å². The number of carboxylic acids is 1. The van der Waals surface area contributed by atoms with E-state index in [1.165, 1.54) is 6.07 Å². The summed E-state index contributed by atoms with van der Waals surface area (Å²) in [5.74, 6) is -1.03. The third-order valence-corrected chi connectivity index (χ3v) is 3.35. The van der Waals surface area contributed by atoms with Crippen LogP contribution in [0.3, 0.4) is 0 Å². The zero-order valence-electron chi connectivity index (χ0n) is 8.14. The summed E-state index contributed by atoms with van der Waals surface area (Å²) in [6.07, 6.45) is 2.15. The van der Waals surface area contributed by atoms with Gasteiger partial charge in [0.1, 0.15) is 0 Å². The summed E-state index contributed by atoms with van der Waals surface area (Å²) in [6.45, 7) is 1.55. The van der Waals surface area contributed by atoms with Crippen LogP contribution in [-0.2, 0) is 4.74 Å². The summed E-state index contributed by atoms with van der Waals surface area (Å²) in [7, 11) is 0. The molecule has 1 aliphatic rings. The summed E-state index contributed by atoms with van der Waals surface area (Å²) in [6, 6.07) is 3.18. The van der Waals surface area contributed by atoms with Crippen molar-refractivity contribution in [1.29, 1.82) is 0 Å². The van der Waals surface area contributed by atoms with Gasteiger partial charge in [-0.25, -0.2) is 4.79 Å². The first-order valence-corrected chi connectivity index (χ1v) is 5.71. The van der Waals surface area contributed by atoms with Crippen molar-refractivity contribution in [3.8, 4) is 0 Å². The van der Waals surface area contributed by atoms with Gasteiger partial charge in [-0.3, -0.25) is 0 Å². The van der Waals surface area contributed by atoms with Crippen LogP contribution in [0, 0.1) is 0 Å². The molecule has 2 rings (SSSR count). The molecule has 0 saturated carbocycles. The molecule has 1 aromatic heterocycles. The molecule has 1 unspecified atom stereocenters. The Balaban J connectivity index is 1.94. The molecule has 82 valence electrons. The first-order chi connectivity index (χ1) is 7.25. The Kier molecular flexibility index (Phi) is 3.33. The number of hydrogen-bond donors (Lipinski definition) is 1. The first kappa shape index (κ1) is 10.6. The summed E-state index contributed by atoms with van der Waals surface area (Å²) in [4.78, 5) is 10.6. The van der Waals surface area contributed by atoms with Crippen LogP contribution in [-0.4, -0.2) is 29.5 Å². The molecule has 15 heavy (non-hydrogen) atoms. The Labute approximate surface area is 91.6 Å². The molecule has 1 aliphatic heterocycles. The Bertz CT molecular complexity index is 341. The van der Waals surface area contributed by atoms with Gasteiger partial charge >= 0.3 is 5.97 Å². The average Bonchev–Trinajstić information content (AvgIpc) is 2.68. The molecular weight excluding hydrogens is 216 g/mol. The minimum Gasteiger partial charge on any atom is -0.475 e. The van der Waals surface area contributed by atoms with E-state index in [1.807, 2.05) is 0 Å².